The molecule has 7 N–H and O–H groups in total. The fraction of sp³-hybridized carbons (Fsp3) is 0.591. The number of hydrogen-bond acceptors (Lipinski definition) is 13. The molecule has 316 valence electrons. The van der Waals surface area contributed by atoms with E-state index in [2.05, 4.69) is 5.32 Å². The Hall–Kier alpha value is -4.18. The lowest BCUT2D eigenvalue weighted by atomic mass is 9.44. The van der Waals surface area contributed by atoms with Crippen LogP contribution in [-0.2, 0) is 33.3 Å². The Labute approximate surface area is 339 Å². The predicted molar refractivity (Wildman–Crippen MR) is 209 cm³/mol. The minimum atomic E-state index is -2.23. The highest BCUT2D eigenvalue weighted by molar-refractivity contribution is 5.89. The van der Waals surface area contributed by atoms with E-state index in [1.807, 2.05) is 6.92 Å². The van der Waals surface area contributed by atoms with Crippen molar-refractivity contribution < 1.29 is 58.6 Å². The number of carbonyl (C=O) groups is 4. The van der Waals surface area contributed by atoms with Crippen molar-refractivity contribution in [1.29, 1.82) is 0 Å². The number of esters is 3. The molecule has 14 nitrogen and oxygen atoms in total. The summed E-state index contributed by atoms with van der Waals surface area (Å²) in [5.41, 5.74) is 1.00. The summed E-state index contributed by atoms with van der Waals surface area (Å²) in [6.07, 6.45) is -6.91. The zero-order valence-electron chi connectivity index (χ0n) is 34.1. The van der Waals surface area contributed by atoms with E-state index in [1.54, 1.807) is 76.2 Å². The molecule has 1 amide bonds. The van der Waals surface area contributed by atoms with E-state index in [4.69, 9.17) is 24.7 Å². The van der Waals surface area contributed by atoms with Crippen LogP contribution in [0.1, 0.15) is 102 Å². The molecule has 3 fully saturated rings. The minimum absolute atomic E-state index is 0.110. The number of amides is 1. The predicted octanol–water partition coefficient (Wildman–Crippen LogP) is 3.19. The molecule has 12 atom stereocenters. The van der Waals surface area contributed by atoms with Gasteiger partial charge in [-0.2, -0.15) is 0 Å². The average molecular weight is 807 g/mol. The summed E-state index contributed by atoms with van der Waals surface area (Å²) in [6.45, 7) is 9.55. The first-order chi connectivity index (χ1) is 27.3. The van der Waals surface area contributed by atoms with Gasteiger partial charge in [0.15, 0.2) is 11.7 Å². The van der Waals surface area contributed by atoms with Crippen LogP contribution in [0.5, 0.6) is 0 Å². The van der Waals surface area contributed by atoms with Crippen LogP contribution in [0.15, 0.2) is 71.8 Å². The third kappa shape index (κ3) is 7.26. The molecule has 3 aliphatic carbocycles. The Morgan fingerprint density at radius 1 is 0.983 bits per heavy atom. The molecule has 2 aromatic carbocycles. The number of rotatable bonds is 12. The van der Waals surface area contributed by atoms with Crippen LogP contribution in [0, 0.1) is 16.7 Å². The molecule has 1 aliphatic heterocycles. The molecule has 4 aliphatic rings. The SMILES string of the molecule is CCCCCC(=O)N[C@@H](c1ccccc1)[C@@H](O)C(=O)O[C@H]1C[C@@]2(O)[C@@H](OC(=O)c3ccccc3)[C@@H]3[C@]4(OC(C)=O)CO[C@@H]4C[C@H](N)[C@@]3(C)[C@@H](O)[C@H](O)C(=C1C)C2(C)C. The van der Waals surface area contributed by atoms with Gasteiger partial charge < -0.3 is 50.4 Å². The van der Waals surface area contributed by atoms with Gasteiger partial charge >= 0.3 is 17.9 Å². The molecule has 6 rings (SSSR count). The first-order valence-electron chi connectivity index (χ1n) is 20.2. The molecule has 0 unspecified atom stereocenters. The summed E-state index contributed by atoms with van der Waals surface area (Å²) in [7, 11) is 0. The van der Waals surface area contributed by atoms with E-state index in [1.165, 1.54) is 19.1 Å². The van der Waals surface area contributed by atoms with Gasteiger partial charge in [0.1, 0.15) is 30.0 Å². The minimum Gasteiger partial charge on any atom is -0.456 e. The maximum absolute atomic E-state index is 14.2. The number of ether oxygens (including phenoxy) is 4. The number of nitrogens with two attached hydrogens (primary N) is 1. The summed E-state index contributed by atoms with van der Waals surface area (Å²) in [4.78, 5) is 54.2. The van der Waals surface area contributed by atoms with Gasteiger partial charge in [-0.15, -0.1) is 0 Å². The van der Waals surface area contributed by atoms with Gasteiger partial charge in [0.25, 0.3) is 0 Å². The van der Waals surface area contributed by atoms with E-state index < -0.39 is 101 Å². The van der Waals surface area contributed by atoms with Gasteiger partial charge in [-0.25, -0.2) is 9.59 Å². The number of benzene rings is 2. The highest BCUT2D eigenvalue weighted by Gasteiger charge is 2.77. The molecular weight excluding hydrogens is 748 g/mol. The average Bonchev–Trinajstić information content (AvgIpc) is 3.18. The molecule has 1 saturated heterocycles. The number of carbonyl (C=O) groups excluding carboxylic acids is 4. The van der Waals surface area contributed by atoms with Crippen LogP contribution in [0.25, 0.3) is 0 Å². The Kier molecular flexibility index (Phi) is 12.3. The van der Waals surface area contributed by atoms with Crippen molar-refractivity contribution in [3.05, 3.63) is 82.9 Å². The second-order valence-electron chi connectivity index (χ2n) is 17.2. The van der Waals surface area contributed by atoms with Crippen LogP contribution in [0.2, 0.25) is 0 Å². The lowest BCUT2D eigenvalue weighted by Crippen LogP contribution is -2.83. The Morgan fingerprint density at radius 3 is 2.21 bits per heavy atom. The van der Waals surface area contributed by atoms with E-state index in [9.17, 15) is 39.6 Å². The summed E-state index contributed by atoms with van der Waals surface area (Å²) in [6, 6.07) is 14.5. The van der Waals surface area contributed by atoms with Gasteiger partial charge in [-0.3, -0.25) is 9.59 Å². The van der Waals surface area contributed by atoms with Crippen molar-refractivity contribution >= 4 is 23.8 Å². The molecule has 2 bridgehead atoms. The molecule has 0 aromatic heterocycles. The van der Waals surface area contributed by atoms with Crippen LogP contribution < -0.4 is 11.1 Å². The fourth-order valence-electron chi connectivity index (χ4n) is 10.2. The first kappa shape index (κ1) is 43.4. The maximum atomic E-state index is 14.2. The third-order valence-electron chi connectivity index (χ3n) is 13.6. The fourth-order valence-corrected chi connectivity index (χ4v) is 10.2. The molecule has 2 saturated carbocycles. The summed E-state index contributed by atoms with van der Waals surface area (Å²) in [5.74, 6) is -4.29. The molecule has 0 radical (unpaired) electrons. The number of nitrogens with one attached hydrogen (secondary N) is 1. The lowest BCUT2D eigenvalue weighted by molar-refractivity contribution is -0.351. The largest absolute Gasteiger partial charge is 0.456 e. The molecular formula is C44H58N2O12. The summed E-state index contributed by atoms with van der Waals surface area (Å²) in [5, 5.41) is 52.7. The topological polar surface area (TPSA) is 224 Å². The molecule has 0 spiro atoms. The van der Waals surface area contributed by atoms with Gasteiger partial charge in [-0.05, 0) is 48.6 Å². The highest BCUT2D eigenvalue weighted by Crippen LogP contribution is 2.64. The van der Waals surface area contributed by atoms with Crippen LogP contribution >= 0.6 is 0 Å². The van der Waals surface area contributed by atoms with E-state index in [0.29, 0.717) is 17.6 Å². The van der Waals surface area contributed by atoms with Crippen LogP contribution in [-0.4, -0.2) is 105 Å². The second-order valence-corrected chi connectivity index (χ2v) is 17.2. The Morgan fingerprint density at radius 2 is 1.62 bits per heavy atom. The summed E-state index contributed by atoms with van der Waals surface area (Å²) < 4.78 is 24.5. The molecule has 58 heavy (non-hydrogen) atoms. The monoisotopic (exact) mass is 806 g/mol. The normalized spacial score (nSPS) is 34.7. The van der Waals surface area contributed by atoms with E-state index in [-0.39, 0.29) is 36.5 Å². The molecule has 14 heteroatoms. The smallest absolute Gasteiger partial charge is 0.338 e. The Balaban J connectivity index is 1.47. The first-order valence-corrected chi connectivity index (χ1v) is 20.2. The van der Waals surface area contributed by atoms with Crippen molar-refractivity contribution in [2.24, 2.45) is 22.5 Å². The van der Waals surface area contributed by atoms with Gasteiger partial charge in [0.05, 0.1) is 30.2 Å². The second kappa shape index (κ2) is 16.5. The number of unbranched alkanes of at least 4 members (excludes halogenated alkanes) is 2. The standard InChI is InChI=1S/C44H58N2O12/c1-7-8-11-20-31(48)46-33(26-16-12-9-13-17-26)35(50)40(53)56-28-22-44(54)38(57-39(52)27-18-14-10-15-19-27)36-42(6,37(51)34(49)32(24(28)2)41(44,4)5)29(45)21-30-43(36,23-55-30)58-25(3)47/h9-10,12-19,28-30,33-38,49-51,54H,7-8,11,20-23,45H2,1-6H3,(H,46,48)/t28-,29-,30+,33-,34+,35+,36-,37-,38-,42+,43-,44+/m0/s1. The lowest BCUT2D eigenvalue weighted by Gasteiger charge is -2.69. The van der Waals surface area contributed by atoms with E-state index >= 15 is 0 Å². The summed E-state index contributed by atoms with van der Waals surface area (Å²) >= 11 is 0. The molecule has 2 aromatic rings. The van der Waals surface area contributed by atoms with Crippen molar-refractivity contribution in [3.8, 4) is 0 Å². The zero-order chi connectivity index (χ0) is 42.4. The number of fused-ring (bicyclic) bond motifs is 5. The third-order valence-corrected chi connectivity index (χ3v) is 13.6. The van der Waals surface area contributed by atoms with Crippen molar-refractivity contribution in [1.82, 2.24) is 5.32 Å². The van der Waals surface area contributed by atoms with Gasteiger partial charge in [0.2, 0.25) is 5.91 Å². The zero-order valence-corrected chi connectivity index (χ0v) is 34.1. The number of aliphatic hydroxyl groups is 4. The van der Waals surface area contributed by atoms with Crippen LogP contribution in [0.3, 0.4) is 0 Å². The quantitative estimate of drug-likeness (QED) is 0.0786. The van der Waals surface area contributed by atoms with Crippen molar-refractivity contribution in [2.45, 2.75) is 140 Å². The van der Waals surface area contributed by atoms with Crippen molar-refractivity contribution in [3.63, 3.8) is 0 Å². The van der Waals surface area contributed by atoms with Crippen molar-refractivity contribution in [2.75, 3.05) is 6.61 Å². The van der Waals surface area contributed by atoms with Crippen LogP contribution in [0.4, 0.5) is 0 Å². The number of hydrogen-bond donors (Lipinski definition) is 6. The molecule has 1 heterocycles. The maximum Gasteiger partial charge on any atom is 0.338 e. The van der Waals surface area contributed by atoms with E-state index in [0.717, 1.165) is 12.8 Å². The Bertz CT molecular complexity index is 1890. The number of aliphatic hydroxyl groups excluding tert-OH is 3. The van der Waals surface area contributed by atoms with Gasteiger partial charge in [0, 0.05) is 36.6 Å². The highest BCUT2D eigenvalue weighted by atomic mass is 16.6. The van der Waals surface area contributed by atoms with Gasteiger partial charge in [-0.1, -0.05) is 89.1 Å².